The molecule has 0 aliphatic heterocycles. The quantitative estimate of drug-likeness (QED) is 0.822. The van der Waals surface area contributed by atoms with Crippen molar-refractivity contribution in [3.05, 3.63) is 35.9 Å². The van der Waals surface area contributed by atoms with Gasteiger partial charge in [0.05, 0.1) is 5.41 Å². The standard InChI is InChI=1S/C13H18N2O/c1-15(2)12(16)13(8-11(13)9-14)10-6-4-3-5-7-10/h3-7,11H,8-9,14H2,1-2H3/t11-,13+/m1/s1. The summed E-state index contributed by atoms with van der Waals surface area (Å²) < 4.78 is 0. The van der Waals surface area contributed by atoms with E-state index in [0.717, 1.165) is 12.0 Å². The molecular formula is C13H18N2O. The largest absolute Gasteiger partial charge is 0.348 e. The van der Waals surface area contributed by atoms with Crippen molar-refractivity contribution in [1.29, 1.82) is 0 Å². The Morgan fingerprint density at radius 2 is 2.06 bits per heavy atom. The first kappa shape index (κ1) is 11.1. The minimum absolute atomic E-state index is 0.175. The number of hydrogen-bond acceptors (Lipinski definition) is 2. The van der Waals surface area contributed by atoms with E-state index in [1.54, 1.807) is 19.0 Å². The second-order valence-corrected chi connectivity index (χ2v) is 4.67. The van der Waals surface area contributed by atoms with E-state index in [1.807, 2.05) is 30.3 Å². The molecule has 2 N–H and O–H groups in total. The Morgan fingerprint density at radius 3 is 2.50 bits per heavy atom. The van der Waals surface area contributed by atoms with E-state index in [1.165, 1.54) is 0 Å². The Kier molecular flexibility index (Phi) is 2.72. The summed E-state index contributed by atoms with van der Waals surface area (Å²) in [4.78, 5) is 13.9. The monoisotopic (exact) mass is 218 g/mol. The summed E-state index contributed by atoms with van der Waals surface area (Å²) in [5.74, 6) is 0.471. The second kappa shape index (κ2) is 3.91. The number of carbonyl (C=O) groups excluding carboxylic acids is 1. The number of hydrogen-bond donors (Lipinski definition) is 1. The highest BCUT2D eigenvalue weighted by molar-refractivity contribution is 5.91. The number of likely N-dealkylation sites (N-methyl/N-ethyl adjacent to an activating group) is 1. The summed E-state index contributed by atoms with van der Waals surface area (Å²) in [7, 11) is 3.61. The van der Waals surface area contributed by atoms with Crippen molar-refractivity contribution in [2.24, 2.45) is 11.7 Å². The van der Waals surface area contributed by atoms with Gasteiger partial charge in [-0.15, -0.1) is 0 Å². The third kappa shape index (κ3) is 1.52. The summed E-state index contributed by atoms with van der Waals surface area (Å²) in [6, 6.07) is 9.98. The van der Waals surface area contributed by atoms with E-state index < -0.39 is 0 Å². The predicted octanol–water partition coefficient (Wildman–Crippen LogP) is 0.991. The maximum absolute atomic E-state index is 12.3. The molecule has 0 aromatic heterocycles. The number of carbonyl (C=O) groups is 1. The van der Waals surface area contributed by atoms with Gasteiger partial charge in [-0.1, -0.05) is 30.3 Å². The average molecular weight is 218 g/mol. The molecule has 3 nitrogen and oxygen atoms in total. The molecule has 1 amide bonds. The van der Waals surface area contributed by atoms with Crippen LogP contribution >= 0.6 is 0 Å². The van der Waals surface area contributed by atoms with Gasteiger partial charge in [0.2, 0.25) is 5.91 Å². The Bertz CT molecular complexity index is 388. The first-order chi connectivity index (χ1) is 7.63. The third-order valence-corrected chi connectivity index (χ3v) is 3.47. The molecule has 1 fully saturated rings. The van der Waals surface area contributed by atoms with Crippen LogP contribution in [0, 0.1) is 5.92 Å². The van der Waals surface area contributed by atoms with Gasteiger partial charge in [0, 0.05) is 14.1 Å². The molecule has 3 heteroatoms. The molecule has 0 heterocycles. The SMILES string of the molecule is CN(C)C(=O)[C@]1(c2ccccc2)C[C@@H]1CN. The van der Waals surface area contributed by atoms with Gasteiger partial charge in [-0.2, -0.15) is 0 Å². The number of nitrogens with two attached hydrogens (primary N) is 1. The predicted molar refractivity (Wildman–Crippen MR) is 64.0 cm³/mol. The van der Waals surface area contributed by atoms with Gasteiger partial charge >= 0.3 is 0 Å². The molecule has 0 saturated heterocycles. The Labute approximate surface area is 96.2 Å². The van der Waals surface area contributed by atoms with Crippen molar-refractivity contribution in [3.8, 4) is 0 Å². The molecule has 86 valence electrons. The highest BCUT2D eigenvalue weighted by Crippen LogP contribution is 2.54. The molecule has 1 aromatic rings. The van der Waals surface area contributed by atoms with Gasteiger partial charge in [0.25, 0.3) is 0 Å². The second-order valence-electron chi connectivity index (χ2n) is 4.67. The van der Waals surface area contributed by atoms with E-state index in [2.05, 4.69) is 0 Å². The van der Waals surface area contributed by atoms with Gasteiger partial charge in [-0.25, -0.2) is 0 Å². The number of amides is 1. The van der Waals surface area contributed by atoms with Crippen molar-refractivity contribution in [1.82, 2.24) is 4.90 Å². The molecule has 0 radical (unpaired) electrons. The van der Waals surface area contributed by atoms with Crippen LogP contribution in [0.1, 0.15) is 12.0 Å². The Hall–Kier alpha value is -1.35. The van der Waals surface area contributed by atoms with Crippen molar-refractivity contribution < 1.29 is 4.79 Å². The zero-order chi connectivity index (χ0) is 11.8. The van der Waals surface area contributed by atoms with Gasteiger partial charge < -0.3 is 10.6 Å². The number of rotatable bonds is 3. The maximum atomic E-state index is 12.3. The molecule has 1 saturated carbocycles. The van der Waals surface area contributed by atoms with Crippen LogP contribution in [0.5, 0.6) is 0 Å². The van der Waals surface area contributed by atoms with Crippen LogP contribution in [0.2, 0.25) is 0 Å². The summed E-state index contributed by atoms with van der Waals surface area (Å²) in [5, 5.41) is 0. The van der Waals surface area contributed by atoms with Gasteiger partial charge in [-0.3, -0.25) is 4.79 Å². The zero-order valence-corrected chi connectivity index (χ0v) is 9.81. The average Bonchev–Trinajstić information content (AvgIpc) is 3.04. The molecule has 1 aliphatic rings. The van der Waals surface area contributed by atoms with E-state index in [0.29, 0.717) is 12.5 Å². The summed E-state index contributed by atoms with van der Waals surface area (Å²) >= 11 is 0. The van der Waals surface area contributed by atoms with Gasteiger partial charge in [0.1, 0.15) is 0 Å². The first-order valence-electron chi connectivity index (χ1n) is 5.60. The van der Waals surface area contributed by atoms with Crippen LogP contribution in [-0.2, 0) is 10.2 Å². The molecule has 16 heavy (non-hydrogen) atoms. The topological polar surface area (TPSA) is 46.3 Å². The molecule has 2 atom stereocenters. The van der Waals surface area contributed by atoms with Crippen LogP contribution in [0.3, 0.4) is 0 Å². The molecule has 0 bridgehead atoms. The zero-order valence-electron chi connectivity index (χ0n) is 9.81. The molecule has 0 unspecified atom stereocenters. The lowest BCUT2D eigenvalue weighted by Crippen LogP contribution is -2.36. The number of benzene rings is 1. The van der Waals surface area contributed by atoms with E-state index in [-0.39, 0.29) is 11.3 Å². The maximum Gasteiger partial charge on any atom is 0.233 e. The third-order valence-electron chi connectivity index (χ3n) is 3.47. The number of nitrogens with zero attached hydrogens (tertiary/aromatic N) is 1. The minimum Gasteiger partial charge on any atom is -0.348 e. The van der Waals surface area contributed by atoms with Crippen molar-refractivity contribution in [2.75, 3.05) is 20.6 Å². The van der Waals surface area contributed by atoms with Crippen molar-refractivity contribution in [3.63, 3.8) is 0 Å². The highest BCUT2D eigenvalue weighted by Gasteiger charge is 2.60. The van der Waals surface area contributed by atoms with Gasteiger partial charge in [0.15, 0.2) is 0 Å². The summed E-state index contributed by atoms with van der Waals surface area (Å²) in [5.41, 5.74) is 6.47. The highest BCUT2D eigenvalue weighted by atomic mass is 16.2. The fourth-order valence-electron chi connectivity index (χ4n) is 2.49. The molecule has 1 aliphatic carbocycles. The lowest BCUT2D eigenvalue weighted by Gasteiger charge is -2.21. The fourth-order valence-corrected chi connectivity index (χ4v) is 2.49. The first-order valence-corrected chi connectivity index (χ1v) is 5.60. The van der Waals surface area contributed by atoms with Crippen LogP contribution in [-0.4, -0.2) is 31.4 Å². The van der Waals surface area contributed by atoms with E-state index in [4.69, 9.17) is 5.73 Å². The molecule has 2 rings (SSSR count). The summed E-state index contributed by atoms with van der Waals surface area (Å²) in [6.45, 7) is 0.578. The van der Waals surface area contributed by atoms with E-state index in [9.17, 15) is 4.79 Å². The fraction of sp³-hybridized carbons (Fsp3) is 0.462. The Morgan fingerprint density at radius 1 is 1.44 bits per heavy atom. The minimum atomic E-state index is -0.348. The molecular weight excluding hydrogens is 200 g/mol. The van der Waals surface area contributed by atoms with Crippen LogP contribution in [0.4, 0.5) is 0 Å². The lowest BCUT2D eigenvalue weighted by molar-refractivity contribution is -0.131. The Balaban J connectivity index is 2.36. The molecule has 1 aromatic carbocycles. The van der Waals surface area contributed by atoms with Crippen molar-refractivity contribution in [2.45, 2.75) is 11.8 Å². The van der Waals surface area contributed by atoms with E-state index >= 15 is 0 Å². The van der Waals surface area contributed by atoms with Crippen LogP contribution in [0.15, 0.2) is 30.3 Å². The van der Waals surface area contributed by atoms with Gasteiger partial charge in [-0.05, 0) is 24.4 Å². The van der Waals surface area contributed by atoms with Crippen molar-refractivity contribution >= 4 is 5.91 Å². The normalized spacial score (nSPS) is 27.6. The summed E-state index contributed by atoms with van der Waals surface area (Å²) in [6.07, 6.45) is 0.879. The van der Waals surface area contributed by atoms with Crippen LogP contribution < -0.4 is 5.73 Å². The lowest BCUT2D eigenvalue weighted by atomic mass is 9.91. The van der Waals surface area contributed by atoms with Crippen LogP contribution in [0.25, 0.3) is 0 Å². The smallest absolute Gasteiger partial charge is 0.233 e. The molecule has 0 spiro atoms.